The van der Waals surface area contributed by atoms with E-state index in [-0.39, 0.29) is 12.0 Å². The van der Waals surface area contributed by atoms with Crippen LogP contribution in [0.15, 0.2) is 48.5 Å². The maximum atomic E-state index is 12.4. The van der Waals surface area contributed by atoms with Gasteiger partial charge in [-0.2, -0.15) is 0 Å². The highest BCUT2D eigenvalue weighted by molar-refractivity contribution is 6.04. The van der Waals surface area contributed by atoms with E-state index in [1.54, 1.807) is 12.1 Å². The number of carbonyl (C=O) groups is 1. The number of amides is 1. The summed E-state index contributed by atoms with van der Waals surface area (Å²) < 4.78 is 16.8. The molecule has 0 spiro atoms. The molecule has 1 unspecified atom stereocenters. The van der Waals surface area contributed by atoms with Crippen molar-refractivity contribution in [3.63, 3.8) is 0 Å². The van der Waals surface area contributed by atoms with Crippen LogP contribution >= 0.6 is 0 Å². The fourth-order valence-electron chi connectivity index (χ4n) is 2.75. The van der Waals surface area contributed by atoms with Crippen molar-refractivity contribution < 1.29 is 19.0 Å². The first-order chi connectivity index (χ1) is 12.7. The summed E-state index contributed by atoms with van der Waals surface area (Å²) in [5.41, 5.74) is 1.29. The topological polar surface area (TPSA) is 56.8 Å². The Morgan fingerprint density at radius 2 is 2.00 bits per heavy atom. The Bertz CT molecular complexity index is 708. The first-order valence-corrected chi connectivity index (χ1v) is 9.13. The Kier molecular flexibility index (Phi) is 6.50. The van der Waals surface area contributed by atoms with Crippen molar-refractivity contribution in [1.82, 2.24) is 0 Å². The molecule has 2 aromatic carbocycles. The summed E-state index contributed by atoms with van der Waals surface area (Å²) in [6, 6.07) is 14.6. The summed E-state index contributed by atoms with van der Waals surface area (Å²) in [5.74, 6) is 1.31. The lowest BCUT2D eigenvalue weighted by atomic mass is 10.2. The van der Waals surface area contributed by atoms with Gasteiger partial charge in [-0.15, -0.1) is 0 Å². The van der Waals surface area contributed by atoms with Crippen LogP contribution in [0.3, 0.4) is 0 Å². The van der Waals surface area contributed by atoms with E-state index in [9.17, 15) is 4.79 Å². The van der Waals surface area contributed by atoms with E-state index in [1.807, 2.05) is 43.3 Å². The van der Waals surface area contributed by atoms with Crippen molar-refractivity contribution in [1.29, 1.82) is 0 Å². The Morgan fingerprint density at radius 3 is 2.73 bits per heavy atom. The van der Waals surface area contributed by atoms with Gasteiger partial charge in [-0.3, -0.25) is 4.79 Å². The number of ether oxygens (including phenoxy) is 3. The molecule has 138 valence electrons. The second-order valence-corrected chi connectivity index (χ2v) is 6.30. The maximum Gasteiger partial charge on any atom is 0.255 e. The third-order valence-electron chi connectivity index (χ3n) is 4.14. The molecule has 1 saturated heterocycles. The zero-order valence-corrected chi connectivity index (χ0v) is 15.1. The van der Waals surface area contributed by atoms with Crippen LogP contribution in [-0.2, 0) is 4.74 Å². The highest BCUT2D eigenvalue weighted by Crippen LogP contribution is 2.20. The number of hydrogen-bond donors (Lipinski definition) is 1. The van der Waals surface area contributed by atoms with Crippen LogP contribution in [-0.4, -0.2) is 31.8 Å². The van der Waals surface area contributed by atoms with Gasteiger partial charge in [0.1, 0.15) is 18.1 Å². The van der Waals surface area contributed by atoms with Gasteiger partial charge < -0.3 is 19.5 Å². The number of nitrogens with one attached hydrogen (secondary N) is 1. The van der Waals surface area contributed by atoms with Crippen molar-refractivity contribution in [3.8, 4) is 11.5 Å². The average Bonchev–Trinajstić information content (AvgIpc) is 3.19. The van der Waals surface area contributed by atoms with Crippen LogP contribution in [0, 0.1) is 0 Å². The highest BCUT2D eigenvalue weighted by Gasteiger charge is 2.16. The molecule has 0 aliphatic carbocycles. The van der Waals surface area contributed by atoms with Gasteiger partial charge in [-0.1, -0.05) is 13.0 Å². The molecule has 1 aliphatic rings. The second kappa shape index (κ2) is 9.25. The average molecular weight is 355 g/mol. The van der Waals surface area contributed by atoms with E-state index in [4.69, 9.17) is 14.2 Å². The number of benzene rings is 2. The summed E-state index contributed by atoms with van der Waals surface area (Å²) in [6.07, 6.45) is 3.27. The minimum Gasteiger partial charge on any atom is -0.494 e. The van der Waals surface area contributed by atoms with Crippen molar-refractivity contribution in [2.45, 2.75) is 32.3 Å². The molecular formula is C21H25NO4. The molecule has 0 aromatic heterocycles. The van der Waals surface area contributed by atoms with Crippen LogP contribution in [0.25, 0.3) is 0 Å². The van der Waals surface area contributed by atoms with Crippen LogP contribution in [0.2, 0.25) is 0 Å². The van der Waals surface area contributed by atoms with Crippen LogP contribution < -0.4 is 14.8 Å². The summed E-state index contributed by atoms with van der Waals surface area (Å²) in [6.45, 7) is 4.07. The summed E-state index contributed by atoms with van der Waals surface area (Å²) in [4.78, 5) is 12.4. The summed E-state index contributed by atoms with van der Waals surface area (Å²) in [7, 11) is 0. The van der Waals surface area contributed by atoms with E-state index in [2.05, 4.69) is 5.32 Å². The normalized spacial score (nSPS) is 16.3. The lowest BCUT2D eigenvalue weighted by molar-refractivity contribution is 0.0679. The van der Waals surface area contributed by atoms with Crippen molar-refractivity contribution in [2.24, 2.45) is 0 Å². The Balaban J connectivity index is 1.53. The molecule has 1 fully saturated rings. The number of anilines is 1. The largest absolute Gasteiger partial charge is 0.494 e. The standard InChI is InChI=1S/C21H25NO4/c1-2-12-24-19-6-3-5-16(14-19)21(23)22-17-8-10-18(11-9-17)26-15-20-7-4-13-25-20/h3,5-6,8-11,14,20H,2,4,7,12-13,15H2,1H3,(H,22,23). The molecule has 0 radical (unpaired) electrons. The van der Waals surface area contributed by atoms with Gasteiger partial charge in [0, 0.05) is 17.9 Å². The van der Waals surface area contributed by atoms with Crippen LogP contribution in [0.1, 0.15) is 36.5 Å². The van der Waals surface area contributed by atoms with Gasteiger partial charge in [-0.05, 0) is 61.7 Å². The Morgan fingerprint density at radius 1 is 1.15 bits per heavy atom. The fraction of sp³-hybridized carbons (Fsp3) is 0.381. The Hall–Kier alpha value is -2.53. The van der Waals surface area contributed by atoms with E-state index in [0.717, 1.165) is 37.3 Å². The molecule has 26 heavy (non-hydrogen) atoms. The predicted octanol–water partition coefficient (Wildman–Crippen LogP) is 4.29. The molecule has 2 aromatic rings. The maximum absolute atomic E-state index is 12.4. The van der Waals surface area contributed by atoms with Gasteiger partial charge >= 0.3 is 0 Å². The molecule has 1 atom stereocenters. The van der Waals surface area contributed by atoms with E-state index in [0.29, 0.717) is 24.5 Å². The number of hydrogen-bond acceptors (Lipinski definition) is 4. The van der Waals surface area contributed by atoms with Crippen molar-refractivity contribution >= 4 is 11.6 Å². The van der Waals surface area contributed by atoms with Gasteiger partial charge in [0.25, 0.3) is 5.91 Å². The quantitative estimate of drug-likeness (QED) is 0.768. The van der Waals surface area contributed by atoms with Crippen molar-refractivity contribution in [2.75, 3.05) is 25.1 Å². The van der Waals surface area contributed by atoms with E-state index in [1.165, 1.54) is 0 Å². The first-order valence-electron chi connectivity index (χ1n) is 9.13. The molecule has 5 nitrogen and oxygen atoms in total. The lowest BCUT2D eigenvalue weighted by Gasteiger charge is -2.12. The molecule has 1 N–H and O–H groups in total. The predicted molar refractivity (Wildman–Crippen MR) is 101 cm³/mol. The lowest BCUT2D eigenvalue weighted by Crippen LogP contribution is -2.16. The number of rotatable bonds is 8. The molecule has 1 heterocycles. The van der Waals surface area contributed by atoms with Crippen LogP contribution in [0.4, 0.5) is 5.69 Å². The zero-order chi connectivity index (χ0) is 18.2. The number of carbonyl (C=O) groups excluding carboxylic acids is 1. The van der Waals surface area contributed by atoms with Crippen molar-refractivity contribution in [3.05, 3.63) is 54.1 Å². The molecule has 5 heteroatoms. The Labute approximate surface area is 154 Å². The van der Waals surface area contributed by atoms with Gasteiger partial charge in [0.05, 0.1) is 12.7 Å². The van der Waals surface area contributed by atoms with Gasteiger partial charge in [-0.25, -0.2) is 0 Å². The minimum absolute atomic E-state index is 0.167. The molecule has 3 rings (SSSR count). The SMILES string of the molecule is CCCOc1cccc(C(=O)Nc2ccc(OCC3CCCO3)cc2)c1. The second-order valence-electron chi connectivity index (χ2n) is 6.30. The minimum atomic E-state index is -0.167. The molecular weight excluding hydrogens is 330 g/mol. The summed E-state index contributed by atoms with van der Waals surface area (Å²) in [5, 5.41) is 2.89. The van der Waals surface area contributed by atoms with E-state index >= 15 is 0 Å². The third kappa shape index (κ3) is 5.23. The monoisotopic (exact) mass is 355 g/mol. The van der Waals surface area contributed by atoms with E-state index < -0.39 is 0 Å². The smallest absolute Gasteiger partial charge is 0.255 e. The van der Waals surface area contributed by atoms with Gasteiger partial charge in [0.15, 0.2) is 0 Å². The highest BCUT2D eigenvalue weighted by atomic mass is 16.5. The zero-order valence-electron chi connectivity index (χ0n) is 15.1. The molecule has 1 aliphatic heterocycles. The van der Waals surface area contributed by atoms with Gasteiger partial charge in [0.2, 0.25) is 0 Å². The fourth-order valence-corrected chi connectivity index (χ4v) is 2.75. The molecule has 0 bridgehead atoms. The summed E-state index contributed by atoms with van der Waals surface area (Å²) >= 11 is 0. The first kappa shape index (κ1) is 18.3. The van der Waals surface area contributed by atoms with Crippen LogP contribution in [0.5, 0.6) is 11.5 Å². The third-order valence-corrected chi connectivity index (χ3v) is 4.14. The molecule has 0 saturated carbocycles. The molecule has 1 amide bonds.